The summed E-state index contributed by atoms with van der Waals surface area (Å²) in [6.45, 7) is 27.8. The van der Waals surface area contributed by atoms with Crippen molar-refractivity contribution in [1.29, 1.82) is 0 Å². The molecule has 3 rings (SSSR count). The highest BCUT2D eigenvalue weighted by Gasteiger charge is 2.37. The molecule has 177 valence electrons. The van der Waals surface area contributed by atoms with Crippen LogP contribution >= 0.6 is 0 Å². The molecule has 1 aliphatic heterocycles. The fourth-order valence-electron chi connectivity index (χ4n) is 5.12. The van der Waals surface area contributed by atoms with Gasteiger partial charge in [0.2, 0.25) is 0 Å². The zero-order chi connectivity index (χ0) is 24.6. The van der Waals surface area contributed by atoms with Crippen LogP contribution in [0.1, 0.15) is 108 Å². The lowest BCUT2D eigenvalue weighted by atomic mass is 9.92. The molecule has 0 N–H and O–H groups in total. The molecule has 2 nitrogen and oxygen atoms in total. The van der Waals surface area contributed by atoms with Crippen LogP contribution < -0.4 is 9.13 Å². The molecule has 1 aliphatic rings. The van der Waals surface area contributed by atoms with Gasteiger partial charge in [-0.1, -0.05) is 98.4 Å². The number of rotatable bonds is 6. The van der Waals surface area contributed by atoms with Crippen molar-refractivity contribution in [2.24, 2.45) is 0 Å². The largest absolute Gasteiger partial charge is 0.353 e. The number of hydrogen-bond acceptors (Lipinski definition) is 2. The van der Waals surface area contributed by atoms with Crippen molar-refractivity contribution < 1.29 is 0 Å². The first-order valence-corrected chi connectivity index (χ1v) is 14.4. The summed E-state index contributed by atoms with van der Waals surface area (Å²) in [5.41, 5.74) is 10.9. The fourth-order valence-corrected chi connectivity index (χ4v) is 7.54. The Hall–Kier alpha value is -2.26. The maximum Gasteiger partial charge on any atom is 0.304 e. The molecule has 0 aromatic heterocycles. The lowest BCUT2D eigenvalue weighted by Gasteiger charge is -2.46. The van der Waals surface area contributed by atoms with Crippen LogP contribution in [0.2, 0.25) is 6.55 Å². The molecule has 0 saturated carbocycles. The van der Waals surface area contributed by atoms with E-state index in [1.165, 1.54) is 39.3 Å². The highest BCUT2D eigenvalue weighted by molar-refractivity contribution is 6.68. The second kappa shape index (κ2) is 9.93. The summed E-state index contributed by atoms with van der Waals surface area (Å²) >= 11 is 0. The van der Waals surface area contributed by atoms with E-state index in [9.17, 15) is 0 Å². The van der Waals surface area contributed by atoms with Gasteiger partial charge >= 0.3 is 9.12 Å². The van der Waals surface area contributed by atoms with Crippen LogP contribution in [0.25, 0.3) is 0 Å². The molecule has 2 aromatic carbocycles. The monoisotopic (exact) mass is 459 g/mol. The molecule has 1 heterocycles. The van der Waals surface area contributed by atoms with E-state index in [2.05, 4.69) is 127 Å². The topological polar surface area (TPSA) is 6.48 Å². The summed E-state index contributed by atoms with van der Waals surface area (Å²) < 4.78 is 5.24. The first-order valence-electron chi connectivity index (χ1n) is 12.5. The predicted octanol–water partition coefficient (Wildman–Crippen LogP) is 9.04. The van der Waals surface area contributed by atoms with Gasteiger partial charge in [-0.05, 0) is 65.5 Å². The van der Waals surface area contributed by atoms with Crippen molar-refractivity contribution in [3.05, 3.63) is 82.7 Å². The Bertz CT molecular complexity index is 993. The smallest absolute Gasteiger partial charge is 0.304 e. The molecule has 0 unspecified atom stereocenters. The lowest BCUT2D eigenvalue weighted by molar-refractivity contribution is 0.823. The van der Waals surface area contributed by atoms with Crippen LogP contribution in [0.5, 0.6) is 0 Å². The molecular weight excluding hydrogens is 416 g/mol. The molecule has 3 heteroatoms. The van der Waals surface area contributed by atoms with Crippen molar-refractivity contribution in [1.82, 2.24) is 0 Å². The van der Waals surface area contributed by atoms with E-state index in [1.807, 2.05) is 0 Å². The van der Waals surface area contributed by atoms with Crippen LogP contribution in [0.3, 0.4) is 0 Å². The van der Waals surface area contributed by atoms with Crippen LogP contribution in [-0.2, 0) is 0 Å². The maximum atomic E-state index is 4.57. The van der Waals surface area contributed by atoms with Crippen LogP contribution in [-0.4, -0.2) is 9.12 Å². The Morgan fingerprint density at radius 2 is 0.970 bits per heavy atom. The first kappa shape index (κ1) is 25.4. The Morgan fingerprint density at radius 3 is 1.30 bits per heavy atom. The average molecular weight is 460 g/mol. The molecule has 0 fully saturated rings. The highest BCUT2D eigenvalue weighted by Crippen LogP contribution is 2.44. The Labute approximate surface area is 204 Å². The molecule has 0 atom stereocenters. The van der Waals surface area contributed by atoms with Gasteiger partial charge in [-0.3, -0.25) is 0 Å². The zero-order valence-corrected chi connectivity index (χ0v) is 23.5. The third kappa shape index (κ3) is 4.70. The second-order valence-electron chi connectivity index (χ2n) is 10.7. The summed E-state index contributed by atoms with van der Waals surface area (Å²) in [7, 11) is -1.19. The summed E-state index contributed by atoms with van der Waals surface area (Å²) in [5.74, 6) is 1.84. The minimum absolute atomic E-state index is 0.455. The maximum absolute atomic E-state index is 4.57. The molecule has 0 saturated heterocycles. The van der Waals surface area contributed by atoms with Crippen LogP contribution in [0, 0.1) is 0 Å². The molecule has 0 aliphatic carbocycles. The van der Waals surface area contributed by atoms with Crippen molar-refractivity contribution in [3.8, 4) is 0 Å². The van der Waals surface area contributed by atoms with Gasteiger partial charge in [0.15, 0.2) is 0 Å². The Kier molecular flexibility index (Phi) is 7.63. The van der Waals surface area contributed by atoms with Gasteiger partial charge in [-0.2, -0.15) is 0 Å². The van der Waals surface area contributed by atoms with Crippen LogP contribution in [0.4, 0.5) is 11.4 Å². The van der Waals surface area contributed by atoms with Crippen molar-refractivity contribution in [2.45, 2.75) is 92.5 Å². The summed E-state index contributed by atoms with van der Waals surface area (Å²) in [4.78, 5) is 0. The van der Waals surface area contributed by atoms with Gasteiger partial charge in [0.05, 0.1) is 0 Å². The normalized spacial score (nSPS) is 15.5. The number of nitrogens with zero attached hydrogens (tertiary/aromatic N) is 2. The van der Waals surface area contributed by atoms with E-state index in [4.69, 9.17) is 0 Å². The zero-order valence-electron chi connectivity index (χ0n) is 22.5. The highest BCUT2D eigenvalue weighted by atomic mass is 28.3. The van der Waals surface area contributed by atoms with E-state index >= 15 is 0 Å². The molecule has 2 aromatic rings. The molecule has 33 heavy (non-hydrogen) atoms. The SMILES string of the molecule is C=C1C=C(C)N(c2c(C(C)C)cccc2C(C)C)[Si](C)N1c1c(C(C)C)cccc1C(C)C. The molecule has 0 amide bonds. The molecule has 0 spiro atoms. The van der Waals surface area contributed by atoms with E-state index in [0.29, 0.717) is 23.7 Å². The molecule has 0 bridgehead atoms. The van der Waals surface area contributed by atoms with Gasteiger partial charge in [0.25, 0.3) is 0 Å². The van der Waals surface area contributed by atoms with E-state index in [-0.39, 0.29) is 0 Å². The summed E-state index contributed by atoms with van der Waals surface area (Å²) in [6.07, 6.45) is 2.29. The lowest BCUT2D eigenvalue weighted by Crippen LogP contribution is -2.53. The third-order valence-electron chi connectivity index (χ3n) is 6.79. The Morgan fingerprint density at radius 1 is 0.636 bits per heavy atom. The van der Waals surface area contributed by atoms with Crippen molar-refractivity contribution in [2.75, 3.05) is 9.13 Å². The number of benzene rings is 2. The summed E-state index contributed by atoms with van der Waals surface area (Å²) in [5, 5.41) is 0. The summed E-state index contributed by atoms with van der Waals surface area (Å²) in [6, 6.07) is 13.7. The third-order valence-corrected chi connectivity index (χ3v) is 9.18. The molecule has 1 radical (unpaired) electrons. The predicted molar refractivity (Wildman–Crippen MR) is 149 cm³/mol. The Balaban J connectivity index is 2.30. The van der Waals surface area contributed by atoms with Gasteiger partial charge in [0, 0.05) is 22.8 Å². The number of allylic oxidation sites excluding steroid dienone is 2. The van der Waals surface area contributed by atoms with Gasteiger partial charge in [0.1, 0.15) is 0 Å². The molecular formula is C30H43N2Si. The minimum Gasteiger partial charge on any atom is -0.353 e. The minimum atomic E-state index is -1.19. The van der Waals surface area contributed by atoms with Gasteiger partial charge in [-0.15, -0.1) is 0 Å². The first-order chi connectivity index (χ1) is 15.5. The quantitative estimate of drug-likeness (QED) is 0.397. The van der Waals surface area contributed by atoms with Gasteiger partial charge < -0.3 is 9.13 Å². The van der Waals surface area contributed by atoms with Crippen LogP contribution in [0.15, 0.2) is 60.4 Å². The van der Waals surface area contributed by atoms with Crippen molar-refractivity contribution >= 4 is 20.5 Å². The second-order valence-corrected chi connectivity index (χ2v) is 12.7. The van der Waals surface area contributed by atoms with Gasteiger partial charge in [-0.25, -0.2) is 0 Å². The number of anilines is 2. The van der Waals surface area contributed by atoms with Crippen molar-refractivity contribution in [3.63, 3.8) is 0 Å². The number of hydrogen-bond donors (Lipinski definition) is 0. The number of para-hydroxylation sites is 2. The average Bonchev–Trinajstić information content (AvgIpc) is 2.72. The van der Waals surface area contributed by atoms with E-state index in [0.717, 1.165) is 5.70 Å². The van der Waals surface area contributed by atoms with E-state index < -0.39 is 9.12 Å². The standard InChI is InChI=1S/C30H43N2Si/c1-19(2)25-14-12-15-26(20(3)4)29(25)31-23(9)18-24(10)32(33(31)11)30-27(21(5)6)16-13-17-28(30)22(7)8/h12-22H,9H2,1-8,10-11H3. The van der Waals surface area contributed by atoms with E-state index in [1.54, 1.807) is 0 Å². The fraction of sp³-hybridized carbons (Fsp3) is 0.467.